The fourth-order valence-corrected chi connectivity index (χ4v) is 3.93. The third kappa shape index (κ3) is 5.23. The second-order valence-electron chi connectivity index (χ2n) is 8.03. The van der Waals surface area contributed by atoms with Crippen LogP contribution in [0.25, 0.3) is 0 Å². The molecule has 3 heterocycles. The predicted molar refractivity (Wildman–Crippen MR) is 108 cm³/mol. The molecule has 0 radical (unpaired) electrons. The first-order chi connectivity index (χ1) is 13.3. The average Bonchev–Trinajstić information content (AvgIpc) is 3.40. The Morgan fingerprint density at radius 3 is 2.64 bits per heavy atom. The molecule has 1 saturated heterocycles. The van der Waals surface area contributed by atoms with Crippen molar-refractivity contribution in [3.8, 4) is 0 Å². The van der Waals surface area contributed by atoms with Crippen LogP contribution in [0.5, 0.6) is 0 Å². The highest BCUT2D eigenvalue weighted by molar-refractivity contribution is 7.12. The third-order valence-corrected chi connectivity index (χ3v) is 5.67. The molecule has 0 unspecified atom stereocenters. The summed E-state index contributed by atoms with van der Waals surface area (Å²) in [5.41, 5.74) is -0.475. The first-order valence-corrected chi connectivity index (χ1v) is 10.5. The molecule has 1 fully saturated rings. The molecule has 28 heavy (non-hydrogen) atoms. The molecule has 2 aromatic rings. The zero-order valence-electron chi connectivity index (χ0n) is 16.7. The largest absolute Gasteiger partial charge is 0.467 e. The number of carbonyl (C=O) groups excluding carboxylic acids is 2. The van der Waals surface area contributed by atoms with Crippen LogP contribution in [0.15, 0.2) is 40.3 Å². The number of nitrogens with zero attached hydrogens (tertiary/aromatic N) is 2. The van der Waals surface area contributed by atoms with Crippen LogP contribution in [0.1, 0.15) is 49.0 Å². The highest BCUT2D eigenvalue weighted by Crippen LogP contribution is 2.21. The molecule has 1 atom stereocenters. The minimum atomic E-state index is -0.475. The molecule has 1 aliphatic rings. The van der Waals surface area contributed by atoms with E-state index in [2.05, 4.69) is 0 Å². The summed E-state index contributed by atoms with van der Waals surface area (Å²) in [6, 6.07) is 7.31. The lowest BCUT2D eigenvalue weighted by molar-refractivity contribution is -0.135. The van der Waals surface area contributed by atoms with Crippen molar-refractivity contribution < 1.29 is 18.7 Å². The monoisotopic (exact) mass is 404 g/mol. The molecule has 0 saturated carbocycles. The van der Waals surface area contributed by atoms with E-state index in [1.54, 1.807) is 22.1 Å². The molecule has 152 valence electrons. The van der Waals surface area contributed by atoms with E-state index < -0.39 is 5.54 Å². The Balaban J connectivity index is 1.76. The van der Waals surface area contributed by atoms with Gasteiger partial charge in [0, 0.05) is 18.7 Å². The van der Waals surface area contributed by atoms with Crippen LogP contribution >= 0.6 is 11.3 Å². The maximum atomic E-state index is 13.2. The lowest BCUT2D eigenvalue weighted by atomic mass is 10.1. The SMILES string of the molecule is CC(C)(C)N(CC(=O)N(Cc1ccco1)C[C@H]1CCCO1)C(=O)c1cccs1. The molecule has 3 rings (SSSR count). The molecule has 0 aromatic carbocycles. The standard InChI is InChI=1S/C21H28N2O4S/c1-21(2,3)23(20(25)18-9-6-12-28-18)15-19(24)22(13-16-7-4-10-26-16)14-17-8-5-11-27-17/h4,6-7,9-10,12,17H,5,8,11,13-15H2,1-3H3/t17-/m1/s1. The molecule has 2 aromatic heterocycles. The van der Waals surface area contributed by atoms with Gasteiger partial charge in [0.2, 0.25) is 5.91 Å². The summed E-state index contributed by atoms with van der Waals surface area (Å²) >= 11 is 1.39. The van der Waals surface area contributed by atoms with Crippen LogP contribution in [-0.2, 0) is 16.1 Å². The van der Waals surface area contributed by atoms with Gasteiger partial charge in [-0.3, -0.25) is 9.59 Å². The summed E-state index contributed by atoms with van der Waals surface area (Å²) in [7, 11) is 0. The van der Waals surface area contributed by atoms with E-state index in [1.807, 2.05) is 44.4 Å². The number of furan rings is 1. The van der Waals surface area contributed by atoms with Gasteiger partial charge in [0.25, 0.3) is 5.91 Å². The number of thiophene rings is 1. The van der Waals surface area contributed by atoms with E-state index >= 15 is 0 Å². The number of amides is 2. The van der Waals surface area contributed by atoms with Crippen molar-refractivity contribution in [3.05, 3.63) is 46.5 Å². The van der Waals surface area contributed by atoms with Gasteiger partial charge in [0.05, 0.1) is 23.8 Å². The lowest BCUT2D eigenvalue weighted by Gasteiger charge is -2.36. The summed E-state index contributed by atoms with van der Waals surface area (Å²) in [6.07, 6.45) is 3.60. The number of carbonyl (C=O) groups is 2. The summed E-state index contributed by atoms with van der Waals surface area (Å²) < 4.78 is 11.2. The van der Waals surface area contributed by atoms with Gasteiger partial charge in [0.1, 0.15) is 12.3 Å². The fourth-order valence-electron chi connectivity index (χ4n) is 3.26. The van der Waals surface area contributed by atoms with Gasteiger partial charge in [0.15, 0.2) is 0 Å². The minimum absolute atomic E-state index is 0.0215. The second-order valence-corrected chi connectivity index (χ2v) is 8.98. The molecule has 0 bridgehead atoms. The van der Waals surface area contributed by atoms with Crippen LogP contribution in [0, 0.1) is 0 Å². The Hall–Kier alpha value is -2.12. The maximum Gasteiger partial charge on any atom is 0.264 e. The fraction of sp³-hybridized carbons (Fsp3) is 0.524. The Morgan fingerprint density at radius 1 is 1.25 bits per heavy atom. The van der Waals surface area contributed by atoms with Crippen LogP contribution in [-0.4, -0.2) is 53.0 Å². The van der Waals surface area contributed by atoms with E-state index in [4.69, 9.17) is 9.15 Å². The predicted octanol–water partition coefficient (Wildman–Crippen LogP) is 3.79. The summed E-state index contributed by atoms with van der Waals surface area (Å²) in [6.45, 7) is 7.47. The van der Waals surface area contributed by atoms with Gasteiger partial charge in [-0.05, 0) is 57.2 Å². The van der Waals surface area contributed by atoms with Crippen molar-refractivity contribution in [2.75, 3.05) is 19.7 Å². The molecular formula is C21H28N2O4S. The van der Waals surface area contributed by atoms with Gasteiger partial charge >= 0.3 is 0 Å². The number of rotatable bonds is 7. The summed E-state index contributed by atoms with van der Waals surface area (Å²) in [5.74, 6) is 0.496. The van der Waals surface area contributed by atoms with Gasteiger partial charge in [-0.2, -0.15) is 0 Å². The van der Waals surface area contributed by atoms with Gasteiger partial charge in [-0.15, -0.1) is 11.3 Å². The van der Waals surface area contributed by atoms with Crippen LogP contribution in [0.2, 0.25) is 0 Å². The normalized spacial score (nSPS) is 16.9. The van der Waals surface area contributed by atoms with Crippen molar-refractivity contribution in [2.45, 2.75) is 51.8 Å². The first-order valence-electron chi connectivity index (χ1n) is 9.62. The van der Waals surface area contributed by atoms with E-state index in [-0.39, 0.29) is 24.5 Å². The maximum absolute atomic E-state index is 13.2. The van der Waals surface area contributed by atoms with Crippen LogP contribution < -0.4 is 0 Å². The zero-order chi connectivity index (χ0) is 20.1. The number of hydrogen-bond donors (Lipinski definition) is 0. The van der Waals surface area contributed by atoms with Gasteiger partial charge < -0.3 is 19.0 Å². The van der Waals surface area contributed by atoms with E-state index in [1.165, 1.54) is 11.3 Å². The molecule has 6 nitrogen and oxygen atoms in total. The highest BCUT2D eigenvalue weighted by Gasteiger charge is 2.32. The molecule has 7 heteroatoms. The van der Waals surface area contributed by atoms with Crippen molar-refractivity contribution in [1.29, 1.82) is 0 Å². The molecular weight excluding hydrogens is 376 g/mol. The number of ether oxygens (including phenoxy) is 1. The molecule has 2 amide bonds. The van der Waals surface area contributed by atoms with Gasteiger partial charge in [-0.1, -0.05) is 6.07 Å². The Kier molecular flexibility index (Phi) is 6.57. The van der Waals surface area contributed by atoms with E-state index in [9.17, 15) is 9.59 Å². The quantitative estimate of drug-likeness (QED) is 0.704. The second kappa shape index (κ2) is 8.92. The third-order valence-electron chi connectivity index (χ3n) is 4.81. The molecule has 1 aliphatic heterocycles. The van der Waals surface area contributed by atoms with Crippen molar-refractivity contribution in [3.63, 3.8) is 0 Å². The highest BCUT2D eigenvalue weighted by atomic mass is 32.1. The molecule has 0 aliphatic carbocycles. The lowest BCUT2D eigenvalue weighted by Crippen LogP contribution is -2.51. The summed E-state index contributed by atoms with van der Waals surface area (Å²) in [5, 5.41) is 1.87. The topological polar surface area (TPSA) is 63.0 Å². The molecule has 0 spiro atoms. The molecule has 0 N–H and O–H groups in total. The van der Waals surface area contributed by atoms with Crippen molar-refractivity contribution in [2.24, 2.45) is 0 Å². The average molecular weight is 405 g/mol. The van der Waals surface area contributed by atoms with Crippen LogP contribution in [0.4, 0.5) is 0 Å². The zero-order valence-corrected chi connectivity index (χ0v) is 17.5. The van der Waals surface area contributed by atoms with Crippen molar-refractivity contribution in [1.82, 2.24) is 9.80 Å². The Morgan fingerprint density at radius 2 is 2.07 bits per heavy atom. The van der Waals surface area contributed by atoms with Crippen molar-refractivity contribution >= 4 is 23.2 Å². The Labute approximate surface area is 170 Å². The number of hydrogen-bond acceptors (Lipinski definition) is 5. The van der Waals surface area contributed by atoms with E-state index in [0.29, 0.717) is 18.0 Å². The van der Waals surface area contributed by atoms with Crippen LogP contribution in [0.3, 0.4) is 0 Å². The van der Waals surface area contributed by atoms with Gasteiger partial charge in [-0.25, -0.2) is 0 Å². The van der Waals surface area contributed by atoms with E-state index in [0.717, 1.165) is 25.2 Å². The Bertz CT molecular complexity index is 759. The first kappa shape index (κ1) is 20.6. The smallest absolute Gasteiger partial charge is 0.264 e. The minimum Gasteiger partial charge on any atom is -0.467 e. The summed E-state index contributed by atoms with van der Waals surface area (Å²) in [4.78, 5) is 30.2.